The maximum Gasteiger partial charge on any atom is 0.317 e. The fourth-order valence-electron chi connectivity index (χ4n) is 3.13. The van der Waals surface area contributed by atoms with E-state index in [2.05, 4.69) is 15.7 Å². The number of hydrogen-bond donors (Lipinski definition) is 3. The van der Waals surface area contributed by atoms with Crippen molar-refractivity contribution in [3.05, 3.63) is 84.2 Å². The summed E-state index contributed by atoms with van der Waals surface area (Å²) >= 11 is 0. The van der Waals surface area contributed by atoms with Crippen LogP contribution in [0.15, 0.2) is 73.1 Å². The van der Waals surface area contributed by atoms with Crippen LogP contribution in [0.25, 0.3) is 0 Å². The number of nitrogens with one attached hydrogen (secondary N) is 2. The van der Waals surface area contributed by atoms with Crippen LogP contribution in [0.4, 0.5) is 10.5 Å². The molecule has 0 aliphatic heterocycles. The van der Waals surface area contributed by atoms with Gasteiger partial charge in [-0.3, -0.25) is 9.48 Å². The molecule has 31 heavy (non-hydrogen) atoms. The maximum atomic E-state index is 12.6. The molecule has 3 N–H and O–H groups in total. The largest absolute Gasteiger partial charge is 0.395 e. The van der Waals surface area contributed by atoms with Crippen molar-refractivity contribution in [2.45, 2.75) is 19.5 Å². The number of carbonyl (C=O) groups is 2. The van der Waals surface area contributed by atoms with Gasteiger partial charge in [0.05, 0.1) is 6.61 Å². The molecule has 2 aromatic carbocycles. The van der Waals surface area contributed by atoms with Crippen LogP contribution < -0.4 is 10.6 Å². The van der Waals surface area contributed by atoms with Gasteiger partial charge in [-0.25, -0.2) is 4.79 Å². The van der Waals surface area contributed by atoms with E-state index in [0.717, 1.165) is 11.1 Å². The number of amides is 3. The van der Waals surface area contributed by atoms with Crippen molar-refractivity contribution < 1.29 is 14.7 Å². The van der Waals surface area contributed by atoms with Crippen LogP contribution >= 0.6 is 0 Å². The fraction of sp³-hybridized carbons (Fsp3) is 0.261. The molecule has 1 aromatic heterocycles. The number of hydrogen-bond acceptors (Lipinski definition) is 4. The molecule has 162 valence electrons. The van der Waals surface area contributed by atoms with E-state index in [1.54, 1.807) is 34.1 Å². The Bertz CT molecular complexity index is 960. The number of carbonyl (C=O) groups excluding carboxylic acids is 2. The normalized spacial score (nSPS) is 10.5. The first-order valence-electron chi connectivity index (χ1n) is 10.2. The zero-order valence-electron chi connectivity index (χ0n) is 17.3. The molecular formula is C23H27N5O3. The Morgan fingerprint density at radius 3 is 2.55 bits per heavy atom. The van der Waals surface area contributed by atoms with Gasteiger partial charge in [0.2, 0.25) is 5.91 Å². The van der Waals surface area contributed by atoms with Crippen molar-refractivity contribution in [3.63, 3.8) is 0 Å². The van der Waals surface area contributed by atoms with Crippen molar-refractivity contribution in [2.24, 2.45) is 0 Å². The molecule has 0 atom stereocenters. The second-order valence-corrected chi connectivity index (χ2v) is 7.06. The lowest BCUT2D eigenvalue weighted by molar-refractivity contribution is -0.116. The van der Waals surface area contributed by atoms with Gasteiger partial charge in [-0.1, -0.05) is 42.5 Å². The molecule has 0 bridgehead atoms. The van der Waals surface area contributed by atoms with Gasteiger partial charge < -0.3 is 20.6 Å². The van der Waals surface area contributed by atoms with Gasteiger partial charge >= 0.3 is 6.03 Å². The molecular weight excluding hydrogens is 394 g/mol. The van der Waals surface area contributed by atoms with Crippen molar-refractivity contribution in [1.82, 2.24) is 20.0 Å². The van der Waals surface area contributed by atoms with Crippen LogP contribution in [0.1, 0.15) is 11.1 Å². The average Bonchev–Trinajstić information content (AvgIpc) is 3.29. The number of aliphatic hydroxyl groups is 1. The van der Waals surface area contributed by atoms with Crippen LogP contribution in [0.3, 0.4) is 0 Å². The molecule has 8 heteroatoms. The SMILES string of the molecule is O=C(Cn1cccn1)Nc1cccc(CNC(=O)N(CCO)CCc2ccccc2)c1. The Morgan fingerprint density at radius 2 is 1.81 bits per heavy atom. The van der Waals surface area contributed by atoms with Crippen molar-refractivity contribution in [2.75, 3.05) is 25.0 Å². The average molecular weight is 422 g/mol. The summed E-state index contributed by atoms with van der Waals surface area (Å²) in [5, 5.41) is 19.0. The maximum absolute atomic E-state index is 12.6. The molecule has 3 aromatic rings. The van der Waals surface area contributed by atoms with Gasteiger partial charge in [0.1, 0.15) is 6.54 Å². The molecule has 0 saturated heterocycles. The number of aromatic nitrogens is 2. The predicted molar refractivity (Wildman–Crippen MR) is 118 cm³/mol. The lowest BCUT2D eigenvalue weighted by atomic mass is 10.1. The Kier molecular flexibility index (Phi) is 8.19. The van der Waals surface area contributed by atoms with Crippen molar-refractivity contribution >= 4 is 17.6 Å². The minimum Gasteiger partial charge on any atom is -0.395 e. The predicted octanol–water partition coefficient (Wildman–Crippen LogP) is 2.27. The monoisotopic (exact) mass is 421 g/mol. The van der Waals surface area contributed by atoms with E-state index in [1.165, 1.54) is 0 Å². The van der Waals surface area contributed by atoms with Crippen LogP contribution in [0.5, 0.6) is 0 Å². The Balaban J connectivity index is 1.50. The third-order valence-electron chi connectivity index (χ3n) is 4.69. The number of aliphatic hydroxyl groups excluding tert-OH is 1. The molecule has 3 rings (SSSR count). The van der Waals surface area contributed by atoms with E-state index >= 15 is 0 Å². The van der Waals surface area contributed by atoms with Crippen LogP contribution in [0.2, 0.25) is 0 Å². The third kappa shape index (κ3) is 7.27. The molecule has 1 heterocycles. The number of rotatable bonds is 10. The molecule has 0 aliphatic carbocycles. The van der Waals surface area contributed by atoms with Gasteiger partial charge in [0.15, 0.2) is 0 Å². The summed E-state index contributed by atoms with van der Waals surface area (Å²) in [6, 6.07) is 18.8. The highest BCUT2D eigenvalue weighted by Gasteiger charge is 2.13. The van der Waals surface area contributed by atoms with Crippen LogP contribution in [0, 0.1) is 0 Å². The summed E-state index contributed by atoms with van der Waals surface area (Å²) in [5.74, 6) is -0.181. The summed E-state index contributed by atoms with van der Waals surface area (Å²) in [6.07, 6.45) is 4.06. The Labute approximate surface area is 181 Å². The van der Waals surface area contributed by atoms with Crippen LogP contribution in [-0.2, 0) is 24.3 Å². The van der Waals surface area contributed by atoms with E-state index < -0.39 is 0 Å². The first-order chi connectivity index (χ1) is 15.1. The van der Waals surface area contributed by atoms with Gasteiger partial charge in [-0.05, 0) is 35.7 Å². The molecule has 8 nitrogen and oxygen atoms in total. The quantitative estimate of drug-likeness (QED) is 0.468. The lowest BCUT2D eigenvalue weighted by Gasteiger charge is -2.22. The standard InChI is InChI=1S/C23H27N5O3/c29-15-14-27(13-10-19-6-2-1-3-7-19)23(31)24-17-20-8-4-9-21(16-20)26-22(30)18-28-12-5-11-25-28/h1-9,11-12,16,29H,10,13-15,17-18H2,(H,24,31)(H,26,30). The zero-order valence-corrected chi connectivity index (χ0v) is 17.3. The minimum atomic E-state index is -0.238. The molecule has 0 aliphatic rings. The summed E-state index contributed by atoms with van der Waals surface area (Å²) < 4.78 is 1.55. The Hall–Kier alpha value is -3.65. The minimum absolute atomic E-state index is 0.0972. The number of nitrogens with zero attached hydrogens (tertiary/aromatic N) is 3. The highest BCUT2D eigenvalue weighted by molar-refractivity contribution is 5.90. The highest BCUT2D eigenvalue weighted by Crippen LogP contribution is 2.11. The van der Waals surface area contributed by atoms with Crippen molar-refractivity contribution in [3.8, 4) is 0 Å². The first-order valence-corrected chi connectivity index (χ1v) is 10.2. The highest BCUT2D eigenvalue weighted by atomic mass is 16.3. The van der Waals surface area contributed by atoms with Crippen LogP contribution in [-0.4, -0.2) is 51.4 Å². The van der Waals surface area contributed by atoms with E-state index in [-0.39, 0.29) is 31.6 Å². The lowest BCUT2D eigenvalue weighted by Crippen LogP contribution is -2.42. The fourth-order valence-corrected chi connectivity index (χ4v) is 3.13. The van der Waals surface area contributed by atoms with E-state index in [1.807, 2.05) is 48.5 Å². The van der Waals surface area contributed by atoms with Gasteiger partial charge in [0.25, 0.3) is 0 Å². The third-order valence-corrected chi connectivity index (χ3v) is 4.69. The smallest absolute Gasteiger partial charge is 0.317 e. The summed E-state index contributed by atoms with van der Waals surface area (Å²) in [5.41, 5.74) is 2.65. The first kappa shape index (κ1) is 22.0. The summed E-state index contributed by atoms with van der Waals surface area (Å²) in [7, 11) is 0. The van der Waals surface area contributed by atoms with E-state index in [9.17, 15) is 14.7 Å². The molecule has 0 fully saturated rings. The van der Waals surface area contributed by atoms with E-state index in [4.69, 9.17) is 0 Å². The molecule has 3 amide bonds. The van der Waals surface area contributed by atoms with Gasteiger partial charge in [-0.15, -0.1) is 0 Å². The molecule has 0 radical (unpaired) electrons. The summed E-state index contributed by atoms with van der Waals surface area (Å²) in [4.78, 5) is 26.3. The zero-order chi connectivity index (χ0) is 21.9. The topological polar surface area (TPSA) is 99.5 Å². The molecule has 0 saturated carbocycles. The molecule has 0 unspecified atom stereocenters. The van der Waals surface area contributed by atoms with Gasteiger partial charge in [-0.2, -0.15) is 5.10 Å². The number of benzene rings is 2. The Morgan fingerprint density at radius 1 is 1.00 bits per heavy atom. The second-order valence-electron chi connectivity index (χ2n) is 7.06. The number of urea groups is 1. The number of anilines is 1. The van der Waals surface area contributed by atoms with E-state index in [0.29, 0.717) is 25.2 Å². The van der Waals surface area contributed by atoms with Gasteiger partial charge in [0, 0.05) is 37.7 Å². The van der Waals surface area contributed by atoms with Crippen molar-refractivity contribution in [1.29, 1.82) is 0 Å². The summed E-state index contributed by atoms with van der Waals surface area (Å²) in [6.45, 7) is 1.13. The second kappa shape index (κ2) is 11.5. The molecule has 0 spiro atoms.